The Morgan fingerprint density at radius 1 is 1.19 bits per heavy atom. The van der Waals surface area contributed by atoms with Gasteiger partial charge < -0.3 is 5.32 Å². The maximum atomic E-state index is 4.64. The number of nitrogens with one attached hydrogen (secondary N) is 1. The Kier molecular flexibility index (Phi) is 5.17. The summed E-state index contributed by atoms with van der Waals surface area (Å²) in [6, 6.07) is 2.51. The van der Waals surface area contributed by atoms with Crippen LogP contribution in [-0.2, 0) is 32.9 Å². The fourth-order valence-electron chi connectivity index (χ4n) is 2.82. The maximum absolute atomic E-state index is 4.64. The zero-order valence-corrected chi connectivity index (χ0v) is 13.8. The van der Waals surface area contributed by atoms with Crippen molar-refractivity contribution in [3.63, 3.8) is 0 Å². The summed E-state index contributed by atoms with van der Waals surface area (Å²) in [4.78, 5) is 0. The lowest BCUT2D eigenvalue weighted by atomic mass is 10.0. The molecule has 0 amide bonds. The molecule has 0 saturated heterocycles. The van der Waals surface area contributed by atoms with Gasteiger partial charge in [-0.3, -0.25) is 9.36 Å². The minimum atomic E-state index is 0.278. The molecule has 0 radical (unpaired) electrons. The van der Waals surface area contributed by atoms with Gasteiger partial charge in [-0.2, -0.15) is 10.2 Å². The highest BCUT2D eigenvalue weighted by atomic mass is 15.3. The van der Waals surface area contributed by atoms with Crippen LogP contribution in [0, 0.1) is 0 Å². The van der Waals surface area contributed by atoms with Crippen LogP contribution in [0.3, 0.4) is 0 Å². The van der Waals surface area contributed by atoms with Crippen LogP contribution in [0.25, 0.3) is 0 Å². The van der Waals surface area contributed by atoms with Crippen molar-refractivity contribution in [3.8, 4) is 0 Å². The molecule has 21 heavy (non-hydrogen) atoms. The van der Waals surface area contributed by atoms with Gasteiger partial charge in [-0.15, -0.1) is 0 Å². The van der Waals surface area contributed by atoms with E-state index in [0.717, 1.165) is 25.8 Å². The van der Waals surface area contributed by atoms with Gasteiger partial charge in [0.25, 0.3) is 0 Å². The number of hydrogen-bond acceptors (Lipinski definition) is 3. The molecule has 0 fully saturated rings. The van der Waals surface area contributed by atoms with Crippen molar-refractivity contribution in [2.45, 2.75) is 52.6 Å². The molecule has 0 saturated carbocycles. The monoisotopic (exact) mass is 289 g/mol. The molecular formula is C16H27N5. The number of aryl methyl sites for hydroxylation is 4. The molecule has 116 valence electrons. The molecule has 2 rings (SSSR count). The minimum Gasteiger partial charge on any atom is -0.313 e. The Balaban J connectivity index is 2.28. The molecule has 2 aromatic heterocycles. The maximum Gasteiger partial charge on any atom is 0.0669 e. The second kappa shape index (κ2) is 6.89. The second-order valence-corrected chi connectivity index (χ2v) is 5.40. The molecule has 0 bridgehead atoms. The Morgan fingerprint density at radius 3 is 2.52 bits per heavy atom. The third-order valence-electron chi connectivity index (χ3n) is 3.99. The average molecular weight is 289 g/mol. The van der Waals surface area contributed by atoms with E-state index in [2.05, 4.69) is 53.2 Å². The standard InChI is InChI=1S/C16H27N5/c1-6-12-9-13(21(8-3)18-12)10-16(17-4)14-11-20(5)19-15(14)7-2/h9,11,16-17H,6-8,10H2,1-5H3. The number of rotatable bonds is 7. The quantitative estimate of drug-likeness (QED) is 0.850. The Labute approximate surface area is 127 Å². The first-order valence-corrected chi connectivity index (χ1v) is 7.88. The SMILES string of the molecule is CCc1cc(CC(NC)c2cn(C)nc2CC)n(CC)n1. The van der Waals surface area contributed by atoms with E-state index in [0.29, 0.717) is 0 Å². The molecule has 2 heterocycles. The van der Waals surface area contributed by atoms with Crippen molar-refractivity contribution in [1.29, 1.82) is 0 Å². The third kappa shape index (κ3) is 3.35. The van der Waals surface area contributed by atoms with E-state index in [-0.39, 0.29) is 6.04 Å². The van der Waals surface area contributed by atoms with Crippen LogP contribution in [0.2, 0.25) is 0 Å². The first kappa shape index (κ1) is 15.8. The van der Waals surface area contributed by atoms with Gasteiger partial charge in [-0.25, -0.2) is 0 Å². The van der Waals surface area contributed by atoms with Gasteiger partial charge in [0.05, 0.1) is 11.4 Å². The smallest absolute Gasteiger partial charge is 0.0669 e. The van der Waals surface area contributed by atoms with Crippen LogP contribution in [0.5, 0.6) is 0 Å². The largest absolute Gasteiger partial charge is 0.313 e. The van der Waals surface area contributed by atoms with E-state index in [4.69, 9.17) is 0 Å². The molecular weight excluding hydrogens is 262 g/mol. The lowest BCUT2D eigenvalue weighted by Crippen LogP contribution is -2.21. The van der Waals surface area contributed by atoms with Crippen molar-refractivity contribution in [3.05, 3.63) is 34.9 Å². The molecule has 0 aliphatic heterocycles. The summed E-state index contributed by atoms with van der Waals surface area (Å²) in [5.74, 6) is 0. The summed E-state index contributed by atoms with van der Waals surface area (Å²) in [5, 5.41) is 12.6. The second-order valence-electron chi connectivity index (χ2n) is 5.40. The predicted molar refractivity (Wildman–Crippen MR) is 85.4 cm³/mol. The summed E-state index contributed by atoms with van der Waals surface area (Å²) in [6.07, 6.45) is 5.02. The lowest BCUT2D eigenvalue weighted by molar-refractivity contribution is 0.537. The molecule has 5 nitrogen and oxygen atoms in total. The highest BCUT2D eigenvalue weighted by Crippen LogP contribution is 2.22. The fourth-order valence-corrected chi connectivity index (χ4v) is 2.82. The minimum absolute atomic E-state index is 0.278. The van der Waals surface area contributed by atoms with Crippen molar-refractivity contribution < 1.29 is 0 Å². The number of nitrogens with zero attached hydrogens (tertiary/aromatic N) is 4. The number of hydrogen-bond donors (Lipinski definition) is 1. The van der Waals surface area contributed by atoms with Gasteiger partial charge >= 0.3 is 0 Å². The van der Waals surface area contributed by atoms with Crippen LogP contribution in [0.1, 0.15) is 49.5 Å². The van der Waals surface area contributed by atoms with Gasteiger partial charge in [0.2, 0.25) is 0 Å². The molecule has 0 aliphatic rings. The first-order valence-electron chi connectivity index (χ1n) is 7.88. The van der Waals surface area contributed by atoms with Gasteiger partial charge in [0.1, 0.15) is 0 Å². The zero-order chi connectivity index (χ0) is 15.4. The molecule has 0 aliphatic carbocycles. The van der Waals surface area contributed by atoms with Crippen LogP contribution in [-0.4, -0.2) is 26.6 Å². The van der Waals surface area contributed by atoms with Crippen LogP contribution in [0.15, 0.2) is 12.3 Å². The van der Waals surface area contributed by atoms with Crippen molar-refractivity contribution in [1.82, 2.24) is 24.9 Å². The molecule has 5 heteroatoms. The Hall–Kier alpha value is -1.62. The summed E-state index contributed by atoms with van der Waals surface area (Å²) in [6.45, 7) is 7.37. The highest BCUT2D eigenvalue weighted by Gasteiger charge is 2.19. The fraction of sp³-hybridized carbons (Fsp3) is 0.625. The topological polar surface area (TPSA) is 47.7 Å². The molecule has 1 N–H and O–H groups in total. The van der Waals surface area contributed by atoms with E-state index in [1.807, 2.05) is 18.8 Å². The van der Waals surface area contributed by atoms with E-state index in [9.17, 15) is 0 Å². The van der Waals surface area contributed by atoms with Crippen molar-refractivity contribution in [2.24, 2.45) is 7.05 Å². The van der Waals surface area contributed by atoms with Gasteiger partial charge in [0.15, 0.2) is 0 Å². The van der Waals surface area contributed by atoms with E-state index in [1.165, 1.54) is 22.6 Å². The Morgan fingerprint density at radius 2 is 1.95 bits per heavy atom. The van der Waals surface area contributed by atoms with Gasteiger partial charge in [-0.05, 0) is 32.9 Å². The van der Waals surface area contributed by atoms with E-state index >= 15 is 0 Å². The Bertz CT molecular complexity index is 582. The lowest BCUT2D eigenvalue weighted by Gasteiger charge is -2.16. The summed E-state index contributed by atoms with van der Waals surface area (Å²) >= 11 is 0. The zero-order valence-electron chi connectivity index (χ0n) is 13.8. The van der Waals surface area contributed by atoms with Crippen molar-refractivity contribution >= 4 is 0 Å². The average Bonchev–Trinajstić information content (AvgIpc) is 3.07. The molecule has 0 spiro atoms. The number of likely N-dealkylation sites (N-methyl/N-ethyl adjacent to an activating group) is 1. The van der Waals surface area contributed by atoms with Crippen LogP contribution >= 0.6 is 0 Å². The normalized spacial score (nSPS) is 12.8. The molecule has 1 atom stereocenters. The number of aromatic nitrogens is 4. The van der Waals surface area contributed by atoms with Crippen LogP contribution < -0.4 is 5.32 Å². The van der Waals surface area contributed by atoms with E-state index < -0.39 is 0 Å². The summed E-state index contributed by atoms with van der Waals surface area (Å²) in [7, 11) is 4.01. The van der Waals surface area contributed by atoms with Crippen LogP contribution in [0.4, 0.5) is 0 Å². The summed E-state index contributed by atoms with van der Waals surface area (Å²) < 4.78 is 4.03. The molecule has 0 aromatic carbocycles. The highest BCUT2D eigenvalue weighted by molar-refractivity contribution is 5.24. The van der Waals surface area contributed by atoms with Gasteiger partial charge in [0, 0.05) is 43.5 Å². The molecule has 1 unspecified atom stereocenters. The first-order chi connectivity index (χ1) is 10.1. The van der Waals surface area contributed by atoms with Gasteiger partial charge in [-0.1, -0.05) is 13.8 Å². The third-order valence-corrected chi connectivity index (χ3v) is 3.99. The predicted octanol–water partition coefficient (Wildman–Crippen LogP) is 2.26. The van der Waals surface area contributed by atoms with E-state index in [1.54, 1.807) is 0 Å². The van der Waals surface area contributed by atoms with Crippen molar-refractivity contribution in [2.75, 3.05) is 7.05 Å². The summed E-state index contributed by atoms with van der Waals surface area (Å²) in [5.41, 5.74) is 4.93. The molecule has 2 aromatic rings.